The molecular weight excluding hydrogens is 426 g/mol. The molecule has 0 unspecified atom stereocenters. The number of imide groups is 1. The maximum absolute atomic E-state index is 13.0. The normalized spacial score (nSPS) is 15.8. The summed E-state index contributed by atoms with van der Waals surface area (Å²) in [5, 5.41) is 4.53. The van der Waals surface area contributed by atoms with Gasteiger partial charge in [0.1, 0.15) is 0 Å². The van der Waals surface area contributed by atoms with E-state index in [1.54, 1.807) is 12.1 Å². The highest BCUT2D eigenvalue weighted by Crippen LogP contribution is 2.30. The third-order valence-electron chi connectivity index (χ3n) is 6.79. The second kappa shape index (κ2) is 9.77. The lowest BCUT2D eigenvalue weighted by Crippen LogP contribution is -2.41. The van der Waals surface area contributed by atoms with Crippen LogP contribution in [-0.2, 0) is 11.2 Å². The van der Waals surface area contributed by atoms with Gasteiger partial charge in [-0.15, -0.1) is 0 Å². The summed E-state index contributed by atoms with van der Waals surface area (Å²) in [6, 6.07) is 19.0. The molecule has 0 bridgehead atoms. The van der Waals surface area contributed by atoms with Crippen molar-refractivity contribution in [2.75, 3.05) is 31.5 Å². The van der Waals surface area contributed by atoms with E-state index in [4.69, 9.17) is 0 Å². The highest BCUT2D eigenvalue weighted by Gasteiger charge is 2.32. The molecule has 0 atom stereocenters. The maximum Gasteiger partial charge on any atom is 0.261 e. The van der Waals surface area contributed by atoms with Gasteiger partial charge in [0.15, 0.2) is 0 Å². The molecule has 2 aliphatic heterocycles. The highest BCUT2D eigenvalue weighted by atomic mass is 16.2. The van der Waals surface area contributed by atoms with Crippen molar-refractivity contribution in [3.63, 3.8) is 0 Å². The van der Waals surface area contributed by atoms with Gasteiger partial charge < -0.3 is 10.2 Å². The number of likely N-dealkylation sites (tertiary alicyclic amines) is 1. The summed E-state index contributed by atoms with van der Waals surface area (Å²) in [5.41, 5.74) is 3.12. The molecule has 0 spiro atoms. The van der Waals surface area contributed by atoms with Crippen molar-refractivity contribution in [3.8, 4) is 0 Å². The Morgan fingerprint density at radius 2 is 1.47 bits per heavy atom. The average molecular weight is 456 g/mol. The summed E-state index contributed by atoms with van der Waals surface area (Å²) in [6.07, 6.45) is 4.26. The van der Waals surface area contributed by atoms with Crippen molar-refractivity contribution >= 4 is 34.2 Å². The molecule has 2 aliphatic rings. The van der Waals surface area contributed by atoms with Gasteiger partial charge >= 0.3 is 0 Å². The molecule has 3 aromatic rings. The number of amides is 3. The van der Waals surface area contributed by atoms with Crippen molar-refractivity contribution in [3.05, 3.63) is 77.4 Å². The van der Waals surface area contributed by atoms with E-state index in [1.165, 1.54) is 36.4 Å². The number of carbonyl (C=O) groups excluding carboxylic acids is 3. The van der Waals surface area contributed by atoms with Gasteiger partial charge in [0, 0.05) is 41.7 Å². The zero-order valence-corrected chi connectivity index (χ0v) is 19.3. The third-order valence-corrected chi connectivity index (χ3v) is 6.79. The Kier molecular flexibility index (Phi) is 6.41. The van der Waals surface area contributed by atoms with Crippen molar-refractivity contribution in [2.24, 2.45) is 0 Å². The Balaban J connectivity index is 1.13. The minimum atomic E-state index is -0.292. The fourth-order valence-electron chi connectivity index (χ4n) is 4.95. The minimum Gasteiger partial charge on any atom is -0.326 e. The third kappa shape index (κ3) is 4.59. The molecule has 1 saturated heterocycles. The predicted molar refractivity (Wildman–Crippen MR) is 133 cm³/mol. The Hall–Kier alpha value is -3.51. The minimum absolute atomic E-state index is 0.121. The van der Waals surface area contributed by atoms with Gasteiger partial charge in [-0.25, -0.2) is 0 Å². The van der Waals surface area contributed by atoms with Gasteiger partial charge in [0.25, 0.3) is 11.8 Å². The topological polar surface area (TPSA) is 69.7 Å². The van der Waals surface area contributed by atoms with Crippen molar-refractivity contribution in [1.29, 1.82) is 0 Å². The molecule has 6 nitrogen and oxygen atoms in total. The van der Waals surface area contributed by atoms with Gasteiger partial charge in [-0.05, 0) is 74.0 Å². The molecular formula is C28H29N3O3. The molecule has 174 valence electrons. The Morgan fingerprint density at radius 3 is 2.12 bits per heavy atom. The van der Waals surface area contributed by atoms with Crippen LogP contribution in [-0.4, -0.2) is 53.7 Å². The van der Waals surface area contributed by atoms with E-state index in [-0.39, 0.29) is 30.7 Å². The number of rotatable bonds is 8. The first-order chi connectivity index (χ1) is 16.6. The van der Waals surface area contributed by atoms with E-state index in [0.717, 1.165) is 29.4 Å². The summed E-state index contributed by atoms with van der Waals surface area (Å²) in [5.74, 6) is -0.706. The van der Waals surface area contributed by atoms with Crippen LogP contribution in [0.1, 0.15) is 52.0 Å². The second-order valence-electron chi connectivity index (χ2n) is 9.12. The summed E-state index contributed by atoms with van der Waals surface area (Å²) < 4.78 is 0. The number of nitrogens with zero attached hydrogens (tertiary/aromatic N) is 2. The Bertz CT molecular complexity index is 1180. The van der Waals surface area contributed by atoms with Crippen molar-refractivity contribution < 1.29 is 14.4 Å². The van der Waals surface area contributed by atoms with Crippen LogP contribution in [0, 0.1) is 0 Å². The van der Waals surface area contributed by atoms with Crippen LogP contribution in [0.3, 0.4) is 0 Å². The van der Waals surface area contributed by atoms with Crippen LogP contribution >= 0.6 is 0 Å². The Morgan fingerprint density at radius 1 is 0.824 bits per heavy atom. The first-order valence-corrected chi connectivity index (χ1v) is 12.1. The molecule has 0 radical (unpaired) electrons. The summed E-state index contributed by atoms with van der Waals surface area (Å²) >= 11 is 0. The number of hydrogen-bond acceptors (Lipinski definition) is 4. The molecule has 6 heteroatoms. The molecule has 3 amide bonds. The van der Waals surface area contributed by atoms with Gasteiger partial charge in [0.2, 0.25) is 5.91 Å². The molecule has 5 rings (SSSR count). The molecule has 2 heterocycles. The van der Waals surface area contributed by atoms with Crippen LogP contribution in [0.4, 0.5) is 5.69 Å². The van der Waals surface area contributed by atoms with E-state index in [1.807, 2.05) is 36.4 Å². The van der Waals surface area contributed by atoms with E-state index >= 15 is 0 Å². The van der Waals surface area contributed by atoms with Crippen LogP contribution in [0.25, 0.3) is 10.8 Å². The first-order valence-electron chi connectivity index (χ1n) is 12.1. The number of carbonyl (C=O) groups is 3. The van der Waals surface area contributed by atoms with Gasteiger partial charge in [-0.2, -0.15) is 0 Å². The quantitative estimate of drug-likeness (QED) is 0.508. The molecule has 0 aliphatic carbocycles. The smallest absolute Gasteiger partial charge is 0.261 e. The lowest BCUT2D eigenvalue weighted by atomic mass is 9.94. The molecule has 0 aromatic heterocycles. The van der Waals surface area contributed by atoms with Gasteiger partial charge in [0.05, 0.1) is 0 Å². The largest absolute Gasteiger partial charge is 0.326 e. The standard InChI is InChI=1S/C28H29N3O3/c32-25(29-22-13-11-20(12-14-22)15-19-30-16-1-2-17-30)10-5-18-31-27(33)23-8-3-6-21-7-4-9-24(26(21)23)28(31)34/h3-4,6-9,11-14H,1-2,5,10,15-19H2,(H,29,32). The SMILES string of the molecule is O=C(CCCN1C(=O)c2cccc3cccc(c23)C1=O)Nc1ccc(CCN2CCCC2)cc1. The summed E-state index contributed by atoms with van der Waals surface area (Å²) in [6.45, 7) is 3.69. The molecule has 34 heavy (non-hydrogen) atoms. The zero-order chi connectivity index (χ0) is 23.5. The lowest BCUT2D eigenvalue weighted by Gasteiger charge is -2.27. The molecule has 1 N–H and O–H groups in total. The second-order valence-corrected chi connectivity index (χ2v) is 9.12. The Labute approximate surface area is 199 Å². The number of nitrogens with one attached hydrogen (secondary N) is 1. The molecule has 1 fully saturated rings. The van der Waals surface area contributed by atoms with E-state index in [9.17, 15) is 14.4 Å². The fraction of sp³-hybridized carbons (Fsp3) is 0.321. The summed E-state index contributed by atoms with van der Waals surface area (Å²) in [4.78, 5) is 42.1. The molecule has 0 saturated carbocycles. The van der Waals surface area contributed by atoms with Crippen LogP contribution in [0.2, 0.25) is 0 Å². The van der Waals surface area contributed by atoms with Crippen molar-refractivity contribution in [2.45, 2.75) is 32.1 Å². The van der Waals surface area contributed by atoms with Crippen LogP contribution in [0.5, 0.6) is 0 Å². The average Bonchev–Trinajstić information content (AvgIpc) is 3.38. The van der Waals surface area contributed by atoms with Gasteiger partial charge in [-0.1, -0.05) is 36.4 Å². The monoisotopic (exact) mass is 455 g/mol. The number of hydrogen-bond donors (Lipinski definition) is 1. The van der Waals surface area contributed by atoms with E-state index in [0.29, 0.717) is 17.5 Å². The highest BCUT2D eigenvalue weighted by molar-refractivity contribution is 6.25. The zero-order valence-electron chi connectivity index (χ0n) is 19.3. The predicted octanol–water partition coefficient (Wildman–Crippen LogP) is 4.49. The van der Waals surface area contributed by atoms with Crippen molar-refractivity contribution in [1.82, 2.24) is 9.80 Å². The van der Waals surface area contributed by atoms with Gasteiger partial charge in [-0.3, -0.25) is 19.3 Å². The van der Waals surface area contributed by atoms with Crippen LogP contribution < -0.4 is 5.32 Å². The lowest BCUT2D eigenvalue weighted by molar-refractivity contribution is -0.116. The summed E-state index contributed by atoms with van der Waals surface area (Å²) in [7, 11) is 0. The number of anilines is 1. The first kappa shape index (κ1) is 22.3. The fourth-order valence-corrected chi connectivity index (χ4v) is 4.95. The maximum atomic E-state index is 13.0. The van der Waals surface area contributed by atoms with Crippen LogP contribution in [0.15, 0.2) is 60.7 Å². The number of benzene rings is 3. The molecule has 3 aromatic carbocycles. The van der Waals surface area contributed by atoms with E-state index in [2.05, 4.69) is 22.3 Å². The van der Waals surface area contributed by atoms with E-state index < -0.39 is 0 Å².